The number of esters is 2. The lowest BCUT2D eigenvalue weighted by Gasteiger charge is -2.13. The third-order valence-electron chi connectivity index (χ3n) is 2.07. The standard InChI is InChI=1S/C11H16O6/c1-4-7-16-8(10(12)14-5-2)9(17-7)11(13)15-6-3/h4,7-9H,1,5-6H2,2-3H3/t8-,9-/m1/s1. The Bertz CT molecular complexity index is 274. The molecule has 1 rings (SSSR count). The first-order chi connectivity index (χ1) is 8.13. The molecule has 0 N–H and O–H groups in total. The Balaban J connectivity index is 2.73. The molecule has 1 aliphatic rings. The minimum absolute atomic E-state index is 0.201. The van der Waals surface area contributed by atoms with Crippen LogP contribution in [0.1, 0.15) is 13.8 Å². The number of rotatable bonds is 5. The van der Waals surface area contributed by atoms with Crippen molar-refractivity contribution in [3.63, 3.8) is 0 Å². The Labute approximate surface area is 99.5 Å². The molecule has 6 heteroatoms. The molecule has 0 bridgehead atoms. The topological polar surface area (TPSA) is 71.1 Å². The van der Waals surface area contributed by atoms with Gasteiger partial charge in [0.2, 0.25) is 0 Å². The van der Waals surface area contributed by atoms with Crippen molar-refractivity contribution in [3.05, 3.63) is 12.7 Å². The monoisotopic (exact) mass is 244 g/mol. The summed E-state index contributed by atoms with van der Waals surface area (Å²) in [7, 11) is 0. The summed E-state index contributed by atoms with van der Waals surface area (Å²) < 4.78 is 20.0. The van der Waals surface area contributed by atoms with Gasteiger partial charge in [-0.2, -0.15) is 0 Å². The van der Waals surface area contributed by atoms with Gasteiger partial charge in [-0.25, -0.2) is 9.59 Å². The van der Waals surface area contributed by atoms with E-state index in [2.05, 4.69) is 6.58 Å². The van der Waals surface area contributed by atoms with Gasteiger partial charge in [-0.3, -0.25) is 0 Å². The summed E-state index contributed by atoms with van der Waals surface area (Å²) in [5, 5.41) is 0. The lowest BCUT2D eigenvalue weighted by atomic mass is 10.2. The zero-order valence-electron chi connectivity index (χ0n) is 9.88. The summed E-state index contributed by atoms with van der Waals surface area (Å²) in [6.07, 6.45) is -1.65. The first kappa shape index (κ1) is 13.7. The van der Waals surface area contributed by atoms with E-state index in [0.29, 0.717) is 0 Å². The molecule has 1 fully saturated rings. The number of carbonyl (C=O) groups excluding carboxylic acids is 2. The van der Waals surface area contributed by atoms with Gasteiger partial charge in [0.05, 0.1) is 13.2 Å². The highest BCUT2D eigenvalue weighted by molar-refractivity contribution is 5.86. The van der Waals surface area contributed by atoms with E-state index in [1.807, 2.05) is 0 Å². The molecule has 0 radical (unpaired) electrons. The fourth-order valence-electron chi connectivity index (χ4n) is 1.38. The zero-order chi connectivity index (χ0) is 12.8. The number of carbonyl (C=O) groups is 2. The molecule has 0 aromatic carbocycles. The van der Waals surface area contributed by atoms with Gasteiger partial charge in [-0.1, -0.05) is 6.58 Å². The van der Waals surface area contributed by atoms with E-state index < -0.39 is 30.4 Å². The number of ether oxygens (including phenoxy) is 4. The Hall–Kier alpha value is -1.40. The van der Waals surface area contributed by atoms with Crippen LogP contribution in [0.25, 0.3) is 0 Å². The van der Waals surface area contributed by atoms with Gasteiger partial charge >= 0.3 is 11.9 Å². The fraction of sp³-hybridized carbons (Fsp3) is 0.636. The van der Waals surface area contributed by atoms with Crippen LogP contribution in [0.5, 0.6) is 0 Å². The molecule has 0 spiro atoms. The molecule has 17 heavy (non-hydrogen) atoms. The summed E-state index contributed by atoms with van der Waals surface area (Å²) in [5.41, 5.74) is 0. The van der Waals surface area contributed by atoms with Crippen LogP contribution in [-0.4, -0.2) is 43.7 Å². The van der Waals surface area contributed by atoms with Crippen LogP contribution in [0.2, 0.25) is 0 Å². The van der Waals surface area contributed by atoms with Gasteiger partial charge in [0.15, 0.2) is 18.5 Å². The summed E-state index contributed by atoms with van der Waals surface area (Å²) in [4.78, 5) is 23.1. The average Bonchev–Trinajstić information content (AvgIpc) is 2.73. The number of hydrogen-bond donors (Lipinski definition) is 0. The third-order valence-corrected chi connectivity index (χ3v) is 2.07. The van der Waals surface area contributed by atoms with E-state index in [4.69, 9.17) is 18.9 Å². The highest BCUT2D eigenvalue weighted by atomic mass is 16.8. The highest BCUT2D eigenvalue weighted by Gasteiger charge is 2.46. The first-order valence-electron chi connectivity index (χ1n) is 5.40. The van der Waals surface area contributed by atoms with Crippen molar-refractivity contribution in [2.45, 2.75) is 32.3 Å². The van der Waals surface area contributed by atoms with Gasteiger partial charge < -0.3 is 18.9 Å². The van der Waals surface area contributed by atoms with Crippen molar-refractivity contribution in [1.29, 1.82) is 0 Å². The molecule has 0 unspecified atom stereocenters. The molecule has 0 aliphatic carbocycles. The third kappa shape index (κ3) is 3.28. The molecule has 0 aromatic rings. The normalized spacial score (nSPS) is 24.4. The lowest BCUT2D eigenvalue weighted by Crippen LogP contribution is -2.39. The molecular formula is C11H16O6. The average molecular weight is 244 g/mol. The SMILES string of the molecule is C=CC1O[C@@H](C(=O)OCC)[C@H](C(=O)OCC)O1. The van der Waals surface area contributed by atoms with Crippen molar-refractivity contribution in [1.82, 2.24) is 0 Å². The maximum Gasteiger partial charge on any atom is 0.338 e. The van der Waals surface area contributed by atoms with Gasteiger partial charge in [0.25, 0.3) is 0 Å². The summed E-state index contributed by atoms with van der Waals surface area (Å²) >= 11 is 0. The minimum Gasteiger partial charge on any atom is -0.464 e. The number of hydrogen-bond acceptors (Lipinski definition) is 6. The van der Waals surface area contributed by atoms with E-state index in [1.54, 1.807) is 13.8 Å². The van der Waals surface area contributed by atoms with Crippen LogP contribution < -0.4 is 0 Å². The Morgan fingerprint density at radius 3 is 1.82 bits per heavy atom. The van der Waals surface area contributed by atoms with Crippen molar-refractivity contribution in [3.8, 4) is 0 Å². The second-order valence-corrected chi connectivity index (χ2v) is 3.22. The van der Waals surface area contributed by atoms with Crippen LogP contribution in [0.4, 0.5) is 0 Å². The van der Waals surface area contributed by atoms with Crippen molar-refractivity contribution in [2.75, 3.05) is 13.2 Å². The Morgan fingerprint density at radius 1 is 1.12 bits per heavy atom. The molecule has 2 atom stereocenters. The van der Waals surface area contributed by atoms with Gasteiger partial charge in [0, 0.05) is 0 Å². The van der Waals surface area contributed by atoms with Crippen molar-refractivity contribution >= 4 is 11.9 Å². The largest absolute Gasteiger partial charge is 0.464 e. The van der Waals surface area contributed by atoms with Gasteiger partial charge in [-0.15, -0.1) is 0 Å². The second-order valence-electron chi connectivity index (χ2n) is 3.22. The zero-order valence-corrected chi connectivity index (χ0v) is 9.88. The van der Waals surface area contributed by atoms with E-state index in [9.17, 15) is 9.59 Å². The summed E-state index contributed by atoms with van der Waals surface area (Å²) in [6.45, 7) is 7.20. The molecule has 6 nitrogen and oxygen atoms in total. The van der Waals surface area contributed by atoms with Crippen LogP contribution >= 0.6 is 0 Å². The molecular weight excluding hydrogens is 228 g/mol. The maximum absolute atomic E-state index is 11.6. The predicted octanol–water partition coefficient (Wildman–Crippen LogP) is 0.409. The van der Waals surface area contributed by atoms with E-state index in [1.165, 1.54) is 6.08 Å². The fourth-order valence-corrected chi connectivity index (χ4v) is 1.38. The Kier molecular flexibility index (Phi) is 5.11. The maximum atomic E-state index is 11.6. The smallest absolute Gasteiger partial charge is 0.338 e. The van der Waals surface area contributed by atoms with E-state index in [-0.39, 0.29) is 13.2 Å². The first-order valence-corrected chi connectivity index (χ1v) is 5.40. The van der Waals surface area contributed by atoms with E-state index in [0.717, 1.165) is 0 Å². The molecule has 0 aromatic heterocycles. The highest BCUT2D eigenvalue weighted by Crippen LogP contribution is 2.22. The quantitative estimate of drug-likeness (QED) is 0.515. The van der Waals surface area contributed by atoms with Crippen LogP contribution in [-0.2, 0) is 28.5 Å². The lowest BCUT2D eigenvalue weighted by molar-refractivity contribution is -0.163. The van der Waals surface area contributed by atoms with Crippen LogP contribution in [0, 0.1) is 0 Å². The minimum atomic E-state index is -1.10. The summed E-state index contributed by atoms with van der Waals surface area (Å²) in [5.74, 6) is -1.29. The van der Waals surface area contributed by atoms with E-state index >= 15 is 0 Å². The molecule has 1 saturated heterocycles. The summed E-state index contributed by atoms with van der Waals surface area (Å²) in [6, 6.07) is 0. The molecule has 0 saturated carbocycles. The molecule has 1 aliphatic heterocycles. The van der Waals surface area contributed by atoms with Crippen molar-refractivity contribution < 1.29 is 28.5 Å². The molecule has 1 heterocycles. The second kappa shape index (κ2) is 6.36. The van der Waals surface area contributed by atoms with Gasteiger partial charge in [-0.05, 0) is 19.9 Å². The van der Waals surface area contributed by atoms with Crippen LogP contribution in [0.15, 0.2) is 12.7 Å². The molecule has 0 amide bonds. The molecule has 96 valence electrons. The van der Waals surface area contributed by atoms with Crippen molar-refractivity contribution in [2.24, 2.45) is 0 Å². The van der Waals surface area contributed by atoms with Gasteiger partial charge in [0.1, 0.15) is 0 Å². The Morgan fingerprint density at radius 2 is 1.53 bits per heavy atom. The predicted molar refractivity (Wildman–Crippen MR) is 57.0 cm³/mol. The van der Waals surface area contributed by atoms with Crippen LogP contribution in [0.3, 0.4) is 0 Å².